The number of nitrogens with one attached hydrogen (secondary N) is 2. The predicted octanol–water partition coefficient (Wildman–Crippen LogP) is 3.75. The number of methoxy groups -OCH3 is 1. The van der Waals surface area contributed by atoms with E-state index in [1.165, 1.54) is 67.6 Å². The van der Waals surface area contributed by atoms with Crippen LogP contribution in [0.5, 0.6) is 5.75 Å². The van der Waals surface area contributed by atoms with E-state index in [0.717, 1.165) is 0 Å². The summed E-state index contributed by atoms with van der Waals surface area (Å²) in [7, 11) is -0.926. The maximum absolute atomic E-state index is 13.0. The molecule has 3 aromatic rings. The Morgan fingerprint density at radius 3 is 2.31 bits per heavy atom. The van der Waals surface area contributed by atoms with Crippen LogP contribution in [0.4, 0.5) is 15.8 Å². The molecule has 0 radical (unpaired) electrons. The van der Waals surface area contributed by atoms with Gasteiger partial charge in [-0.05, 0) is 60.2 Å². The summed E-state index contributed by atoms with van der Waals surface area (Å²) in [5.41, 5.74) is 1.33. The molecule has 0 aliphatic heterocycles. The zero-order valence-electron chi connectivity index (χ0n) is 19.1. The lowest BCUT2D eigenvalue weighted by molar-refractivity contribution is -0.129. The summed E-state index contributed by atoms with van der Waals surface area (Å²) in [6.07, 6.45) is 2.79. The van der Waals surface area contributed by atoms with Gasteiger partial charge in [-0.15, -0.1) is 0 Å². The molecule has 10 heteroatoms. The van der Waals surface area contributed by atoms with Crippen molar-refractivity contribution in [1.82, 2.24) is 4.90 Å². The van der Waals surface area contributed by atoms with Gasteiger partial charge in [-0.1, -0.05) is 24.3 Å². The van der Waals surface area contributed by atoms with Crippen LogP contribution in [0.2, 0.25) is 0 Å². The minimum absolute atomic E-state index is 0.0430. The van der Waals surface area contributed by atoms with Gasteiger partial charge in [0.1, 0.15) is 11.6 Å². The molecular weight excluding hydrogens is 473 g/mol. The lowest BCUT2D eigenvalue weighted by Gasteiger charge is -2.15. The Kier molecular flexibility index (Phi) is 8.21. The van der Waals surface area contributed by atoms with E-state index < -0.39 is 27.7 Å². The number of anilines is 2. The highest BCUT2D eigenvalue weighted by Gasteiger charge is 2.16. The number of carbonyl (C=O) groups excluding carboxylic acids is 2. The second-order valence-corrected chi connectivity index (χ2v) is 9.14. The number of nitrogens with zero attached hydrogens (tertiary/aromatic N) is 1. The van der Waals surface area contributed by atoms with Gasteiger partial charge in [-0.25, -0.2) is 12.8 Å². The minimum atomic E-state index is -3.84. The topological polar surface area (TPSA) is 105 Å². The summed E-state index contributed by atoms with van der Waals surface area (Å²) in [4.78, 5) is 25.7. The van der Waals surface area contributed by atoms with Crippen LogP contribution in [-0.2, 0) is 19.6 Å². The molecular formula is C25H24FN3O5S. The molecule has 3 rings (SSSR count). The van der Waals surface area contributed by atoms with Crippen LogP contribution in [0.3, 0.4) is 0 Å². The molecule has 2 N–H and O–H groups in total. The molecule has 0 saturated carbocycles. The van der Waals surface area contributed by atoms with Crippen LogP contribution in [-0.4, -0.2) is 45.8 Å². The normalized spacial score (nSPS) is 11.2. The predicted molar refractivity (Wildman–Crippen MR) is 132 cm³/mol. The Labute approximate surface area is 203 Å². The molecule has 0 unspecified atom stereocenters. The van der Waals surface area contributed by atoms with Crippen molar-refractivity contribution in [2.45, 2.75) is 4.90 Å². The molecule has 0 heterocycles. The summed E-state index contributed by atoms with van der Waals surface area (Å²) in [6, 6.07) is 17.9. The molecule has 3 aromatic carbocycles. The van der Waals surface area contributed by atoms with Gasteiger partial charge >= 0.3 is 0 Å². The Bertz CT molecular complexity index is 1320. The molecule has 35 heavy (non-hydrogen) atoms. The summed E-state index contributed by atoms with van der Waals surface area (Å²) >= 11 is 0. The number of para-hydroxylation sites is 2. The number of hydrogen-bond donors (Lipinski definition) is 2. The van der Waals surface area contributed by atoms with Crippen molar-refractivity contribution in [3.8, 4) is 5.75 Å². The van der Waals surface area contributed by atoms with Gasteiger partial charge in [-0.2, -0.15) is 0 Å². The number of rotatable bonds is 9. The smallest absolute Gasteiger partial charge is 0.262 e. The Balaban J connectivity index is 1.58. The molecule has 0 aliphatic carbocycles. The first-order valence-electron chi connectivity index (χ1n) is 10.4. The molecule has 182 valence electrons. The van der Waals surface area contributed by atoms with Crippen LogP contribution < -0.4 is 14.8 Å². The third-order valence-electron chi connectivity index (χ3n) is 4.85. The lowest BCUT2D eigenvalue weighted by Crippen LogP contribution is -2.33. The highest BCUT2D eigenvalue weighted by Crippen LogP contribution is 2.26. The van der Waals surface area contributed by atoms with Crippen LogP contribution in [0.25, 0.3) is 6.08 Å². The zero-order valence-corrected chi connectivity index (χ0v) is 19.9. The minimum Gasteiger partial charge on any atom is -0.495 e. The summed E-state index contributed by atoms with van der Waals surface area (Å²) in [5, 5.41) is 2.58. The van der Waals surface area contributed by atoms with E-state index >= 15 is 0 Å². The van der Waals surface area contributed by atoms with Crippen LogP contribution in [0.15, 0.2) is 83.8 Å². The fourth-order valence-electron chi connectivity index (χ4n) is 3.01. The fraction of sp³-hybridized carbons (Fsp3) is 0.120. The average molecular weight is 498 g/mol. The second kappa shape index (κ2) is 11.3. The van der Waals surface area contributed by atoms with Gasteiger partial charge < -0.3 is 15.0 Å². The molecule has 2 amide bonds. The van der Waals surface area contributed by atoms with Crippen molar-refractivity contribution in [3.63, 3.8) is 0 Å². The van der Waals surface area contributed by atoms with Gasteiger partial charge in [0.2, 0.25) is 11.8 Å². The molecule has 0 aliphatic rings. The first-order valence-corrected chi connectivity index (χ1v) is 11.9. The molecule has 0 aromatic heterocycles. The molecule has 0 saturated heterocycles. The number of halogens is 1. The van der Waals surface area contributed by atoms with Gasteiger partial charge in [-0.3, -0.25) is 14.3 Å². The third kappa shape index (κ3) is 7.15. The van der Waals surface area contributed by atoms with Crippen molar-refractivity contribution < 1.29 is 27.1 Å². The quantitative estimate of drug-likeness (QED) is 0.438. The van der Waals surface area contributed by atoms with Crippen molar-refractivity contribution in [2.75, 3.05) is 30.7 Å². The number of likely N-dealkylation sites (N-methyl/N-ethyl adjacent to an activating group) is 1. The summed E-state index contributed by atoms with van der Waals surface area (Å²) < 4.78 is 46.0. The summed E-state index contributed by atoms with van der Waals surface area (Å²) in [6.45, 7) is -0.202. The number of ether oxygens (including phenoxy) is 1. The molecule has 8 nitrogen and oxygen atoms in total. The van der Waals surface area contributed by atoms with Crippen LogP contribution in [0.1, 0.15) is 5.56 Å². The maximum Gasteiger partial charge on any atom is 0.262 e. The first kappa shape index (κ1) is 25.4. The molecule has 0 atom stereocenters. The SMILES string of the molecule is COc1ccccc1NS(=O)(=O)c1ccc(C=CC(=O)N(C)CC(=O)Nc2ccc(F)cc2)cc1. The van der Waals surface area contributed by atoms with E-state index in [4.69, 9.17) is 4.74 Å². The van der Waals surface area contributed by atoms with Crippen molar-refractivity contribution in [3.05, 3.63) is 90.3 Å². The van der Waals surface area contributed by atoms with Crippen molar-refractivity contribution in [2.24, 2.45) is 0 Å². The largest absolute Gasteiger partial charge is 0.495 e. The highest BCUT2D eigenvalue weighted by atomic mass is 32.2. The molecule has 0 bridgehead atoms. The number of sulfonamides is 1. The third-order valence-corrected chi connectivity index (χ3v) is 6.23. The first-order chi connectivity index (χ1) is 16.7. The van der Waals surface area contributed by atoms with Gasteiger partial charge in [0.25, 0.3) is 10.0 Å². The molecule has 0 spiro atoms. The van der Waals surface area contributed by atoms with Crippen LogP contribution >= 0.6 is 0 Å². The van der Waals surface area contributed by atoms with E-state index in [1.54, 1.807) is 36.4 Å². The number of amides is 2. The van der Waals surface area contributed by atoms with Gasteiger partial charge in [0.05, 0.1) is 24.2 Å². The number of benzene rings is 3. The van der Waals surface area contributed by atoms with E-state index in [2.05, 4.69) is 10.0 Å². The maximum atomic E-state index is 13.0. The molecule has 0 fully saturated rings. The van der Waals surface area contributed by atoms with E-state index in [0.29, 0.717) is 22.7 Å². The summed E-state index contributed by atoms with van der Waals surface area (Å²) in [5.74, 6) is -0.880. The van der Waals surface area contributed by atoms with E-state index in [9.17, 15) is 22.4 Å². The zero-order chi connectivity index (χ0) is 25.4. The van der Waals surface area contributed by atoms with E-state index in [-0.39, 0.29) is 11.4 Å². The van der Waals surface area contributed by atoms with E-state index in [1.807, 2.05) is 0 Å². The van der Waals surface area contributed by atoms with Gasteiger partial charge in [0.15, 0.2) is 0 Å². The van der Waals surface area contributed by atoms with Crippen LogP contribution in [0, 0.1) is 5.82 Å². The highest BCUT2D eigenvalue weighted by molar-refractivity contribution is 7.92. The average Bonchev–Trinajstić information content (AvgIpc) is 2.84. The lowest BCUT2D eigenvalue weighted by atomic mass is 10.2. The number of hydrogen-bond acceptors (Lipinski definition) is 5. The number of carbonyl (C=O) groups is 2. The standard InChI is InChI=1S/C25H24FN3O5S/c1-29(17-24(30)27-20-12-10-19(26)11-13-20)25(31)16-9-18-7-14-21(15-8-18)35(32,33)28-22-5-3-4-6-23(22)34-2/h3-16,28H,17H2,1-2H3,(H,27,30). The van der Waals surface area contributed by atoms with Crippen molar-refractivity contribution >= 4 is 39.3 Å². The second-order valence-electron chi connectivity index (χ2n) is 7.46. The van der Waals surface area contributed by atoms with Crippen molar-refractivity contribution in [1.29, 1.82) is 0 Å². The Morgan fingerprint density at radius 2 is 1.66 bits per heavy atom. The Hall–Kier alpha value is -4.18. The van der Waals surface area contributed by atoms with Gasteiger partial charge in [0, 0.05) is 18.8 Å². The fourth-order valence-corrected chi connectivity index (χ4v) is 4.08. The monoisotopic (exact) mass is 497 g/mol. The Morgan fingerprint density at radius 1 is 1.00 bits per heavy atom.